The summed E-state index contributed by atoms with van der Waals surface area (Å²) in [6.07, 6.45) is 1.93. The zero-order chi connectivity index (χ0) is 14.9. The maximum absolute atomic E-state index is 12.6. The van der Waals surface area contributed by atoms with E-state index in [2.05, 4.69) is 29.8 Å². The third-order valence-corrected chi connectivity index (χ3v) is 6.99. The molecule has 0 saturated carbocycles. The van der Waals surface area contributed by atoms with Crippen molar-refractivity contribution < 1.29 is 8.42 Å². The topological polar surface area (TPSA) is 37.4 Å². The molecule has 1 aromatic rings. The number of sulfonamides is 1. The number of hydrogen-bond acceptors (Lipinski definition) is 2. The Morgan fingerprint density at radius 2 is 1.85 bits per heavy atom. The van der Waals surface area contributed by atoms with Crippen LogP contribution in [-0.2, 0) is 10.0 Å². The first-order valence-corrected chi connectivity index (χ1v) is 9.32. The van der Waals surface area contributed by atoms with Gasteiger partial charge in [0.1, 0.15) is 0 Å². The third-order valence-electron chi connectivity index (χ3n) is 4.21. The van der Waals surface area contributed by atoms with Crippen molar-refractivity contribution in [1.29, 1.82) is 0 Å². The molecule has 1 aliphatic rings. The van der Waals surface area contributed by atoms with Crippen LogP contribution in [-0.4, -0.2) is 25.8 Å². The van der Waals surface area contributed by atoms with Gasteiger partial charge in [-0.2, -0.15) is 4.31 Å². The van der Waals surface area contributed by atoms with E-state index in [9.17, 15) is 8.42 Å². The lowest BCUT2D eigenvalue weighted by Gasteiger charge is -2.33. The van der Waals surface area contributed by atoms with Crippen LogP contribution >= 0.6 is 15.9 Å². The summed E-state index contributed by atoms with van der Waals surface area (Å²) in [4.78, 5) is 0.404. The number of rotatable bonds is 3. The van der Waals surface area contributed by atoms with Gasteiger partial charge >= 0.3 is 0 Å². The first-order valence-electron chi connectivity index (χ1n) is 7.08. The summed E-state index contributed by atoms with van der Waals surface area (Å²) in [5.74, 6) is 1.28. The molecular weight excluding hydrogens is 338 g/mol. The van der Waals surface area contributed by atoms with Crippen molar-refractivity contribution in [3.05, 3.63) is 28.2 Å². The average Bonchev–Trinajstić information content (AvgIpc) is 2.41. The van der Waals surface area contributed by atoms with Crippen molar-refractivity contribution in [3.63, 3.8) is 0 Å². The maximum Gasteiger partial charge on any atom is 0.243 e. The smallest absolute Gasteiger partial charge is 0.207 e. The standard InChI is InChI=1S/C15H22BrNO2S/c1-11(2)13-6-8-17(9-7-13)20(18,19)14-4-5-15(16)12(3)10-14/h4-5,10-11,13H,6-9H2,1-3H3. The van der Waals surface area contributed by atoms with E-state index in [1.54, 1.807) is 16.4 Å². The molecule has 0 bridgehead atoms. The Bertz CT molecular complexity index is 576. The second-order valence-electron chi connectivity index (χ2n) is 5.90. The number of aryl methyl sites for hydroxylation is 1. The molecule has 0 aromatic heterocycles. The van der Waals surface area contributed by atoms with Crippen molar-refractivity contribution in [2.45, 2.75) is 38.5 Å². The Kier molecular flexibility index (Phi) is 4.92. The van der Waals surface area contributed by atoms with Crippen LogP contribution in [0.4, 0.5) is 0 Å². The van der Waals surface area contributed by atoms with Crippen LogP contribution in [0, 0.1) is 18.8 Å². The van der Waals surface area contributed by atoms with Crippen LogP contribution < -0.4 is 0 Å². The van der Waals surface area contributed by atoms with Crippen molar-refractivity contribution >= 4 is 26.0 Å². The maximum atomic E-state index is 12.6. The zero-order valence-electron chi connectivity index (χ0n) is 12.3. The molecule has 0 atom stereocenters. The number of benzene rings is 1. The Morgan fingerprint density at radius 1 is 1.25 bits per heavy atom. The molecule has 5 heteroatoms. The van der Waals surface area contributed by atoms with E-state index in [0.717, 1.165) is 22.9 Å². The molecule has 0 spiro atoms. The van der Waals surface area contributed by atoms with E-state index < -0.39 is 10.0 Å². The molecule has 0 unspecified atom stereocenters. The lowest BCUT2D eigenvalue weighted by Crippen LogP contribution is -2.39. The van der Waals surface area contributed by atoms with Gasteiger partial charge in [-0.25, -0.2) is 8.42 Å². The molecule has 0 radical (unpaired) electrons. The minimum Gasteiger partial charge on any atom is -0.207 e. The highest BCUT2D eigenvalue weighted by Crippen LogP contribution is 2.29. The summed E-state index contributed by atoms with van der Waals surface area (Å²) in [5, 5.41) is 0. The van der Waals surface area contributed by atoms with Gasteiger partial charge in [-0.3, -0.25) is 0 Å². The molecule has 1 fully saturated rings. The van der Waals surface area contributed by atoms with Crippen LogP contribution in [0.2, 0.25) is 0 Å². The quantitative estimate of drug-likeness (QED) is 0.822. The van der Waals surface area contributed by atoms with Crippen molar-refractivity contribution in [1.82, 2.24) is 4.31 Å². The molecule has 1 saturated heterocycles. The summed E-state index contributed by atoms with van der Waals surface area (Å²) in [6, 6.07) is 5.23. The summed E-state index contributed by atoms with van der Waals surface area (Å²) in [7, 11) is -3.34. The van der Waals surface area contributed by atoms with Gasteiger partial charge < -0.3 is 0 Å². The zero-order valence-corrected chi connectivity index (χ0v) is 14.7. The number of piperidine rings is 1. The molecule has 1 aromatic carbocycles. The predicted molar refractivity (Wildman–Crippen MR) is 85.2 cm³/mol. The Morgan fingerprint density at radius 3 is 2.35 bits per heavy atom. The Hall–Kier alpha value is -0.390. The highest BCUT2D eigenvalue weighted by molar-refractivity contribution is 9.10. The minimum atomic E-state index is -3.34. The van der Waals surface area contributed by atoms with Gasteiger partial charge in [0, 0.05) is 17.6 Å². The van der Waals surface area contributed by atoms with Gasteiger partial charge in [-0.05, 0) is 55.4 Å². The van der Waals surface area contributed by atoms with Crippen LogP contribution in [0.1, 0.15) is 32.3 Å². The molecule has 112 valence electrons. The lowest BCUT2D eigenvalue weighted by atomic mass is 9.87. The normalized spacial score (nSPS) is 18.6. The summed E-state index contributed by atoms with van der Waals surface area (Å²) < 4.78 is 27.8. The highest BCUT2D eigenvalue weighted by Gasteiger charge is 2.30. The van der Waals surface area contributed by atoms with Crippen molar-refractivity contribution in [3.8, 4) is 0 Å². The monoisotopic (exact) mass is 359 g/mol. The first kappa shape index (κ1) is 16.0. The molecule has 3 nitrogen and oxygen atoms in total. The van der Waals surface area contributed by atoms with E-state index in [-0.39, 0.29) is 0 Å². The Balaban J connectivity index is 2.17. The largest absolute Gasteiger partial charge is 0.243 e. The SMILES string of the molecule is Cc1cc(S(=O)(=O)N2CCC(C(C)C)CC2)ccc1Br. The van der Waals surface area contributed by atoms with E-state index >= 15 is 0 Å². The molecule has 0 amide bonds. The number of nitrogens with zero attached hydrogens (tertiary/aromatic N) is 1. The van der Waals surface area contributed by atoms with E-state index in [4.69, 9.17) is 0 Å². The second-order valence-corrected chi connectivity index (χ2v) is 8.69. The van der Waals surface area contributed by atoms with Gasteiger partial charge in [-0.1, -0.05) is 29.8 Å². The summed E-state index contributed by atoms with van der Waals surface area (Å²) in [5.41, 5.74) is 0.947. The molecule has 0 aliphatic carbocycles. The fraction of sp³-hybridized carbons (Fsp3) is 0.600. The fourth-order valence-electron chi connectivity index (χ4n) is 2.71. The van der Waals surface area contributed by atoms with Crippen LogP contribution in [0.15, 0.2) is 27.6 Å². The highest BCUT2D eigenvalue weighted by atomic mass is 79.9. The second kappa shape index (κ2) is 6.16. The van der Waals surface area contributed by atoms with E-state index in [1.807, 2.05) is 13.0 Å². The number of halogens is 1. The van der Waals surface area contributed by atoms with Gasteiger partial charge in [0.2, 0.25) is 10.0 Å². The average molecular weight is 360 g/mol. The molecular formula is C15H22BrNO2S. The van der Waals surface area contributed by atoms with Gasteiger partial charge in [0.05, 0.1) is 4.90 Å². The molecule has 1 aliphatic heterocycles. The third kappa shape index (κ3) is 3.26. The van der Waals surface area contributed by atoms with Crippen LogP contribution in [0.25, 0.3) is 0 Å². The molecule has 20 heavy (non-hydrogen) atoms. The fourth-order valence-corrected chi connectivity index (χ4v) is 4.51. The van der Waals surface area contributed by atoms with Crippen LogP contribution in [0.5, 0.6) is 0 Å². The van der Waals surface area contributed by atoms with Crippen LogP contribution in [0.3, 0.4) is 0 Å². The van der Waals surface area contributed by atoms with Gasteiger partial charge in [0.15, 0.2) is 0 Å². The van der Waals surface area contributed by atoms with Crippen molar-refractivity contribution in [2.24, 2.45) is 11.8 Å². The van der Waals surface area contributed by atoms with E-state index in [1.165, 1.54) is 0 Å². The van der Waals surface area contributed by atoms with Gasteiger partial charge in [-0.15, -0.1) is 0 Å². The minimum absolute atomic E-state index is 0.404. The Labute approximate surface area is 130 Å². The number of hydrogen-bond donors (Lipinski definition) is 0. The summed E-state index contributed by atoms with van der Waals surface area (Å²) in [6.45, 7) is 7.62. The van der Waals surface area contributed by atoms with E-state index in [0.29, 0.717) is 29.8 Å². The molecule has 2 rings (SSSR count). The predicted octanol–water partition coefficient (Wildman–Crippen LogP) is 3.81. The molecule has 1 heterocycles. The molecule has 0 N–H and O–H groups in total. The van der Waals surface area contributed by atoms with Gasteiger partial charge in [0.25, 0.3) is 0 Å². The van der Waals surface area contributed by atoms with Crippen molar-refractivity contribution in [2.75, 3.05) is 13.1 Å². The lowest BCUT2D eigenvalue weighted by molar-refractivity contribution is 0.226. The first-order chi connectivity index (χ1) is 9.32. The summed E-state index contributed by atoms with van der Waals surface area (Å²) >= 11 is 3.41.